The second kappa shape index (κ2) is 5.88. The zero-order valence-corrected chi connectivity index (χ0v) is 15.1. The van der Waals surface area contributed by atoms with Gasteiger partial charge in [-0.15, -0.1) is 0 Å². The maximum Gasteiger partial charge on any atom is 0.250 e. The summed E-state index contributed by atoms with van der Waals surface area (Å²) >= 11 is 0. The number of ether oxygens (including phenoxy) is 1. The van der Waals surface area contributed by atoms with Gasteiger partial charge in [0.1, 0.15) is 5.75 Å². The Balaban J connectivity index is 1.99. The molecule has 0 amide bonds. The first kappa shape index (κ1) is 16.2. The first-order valence-electron chi connectivity index (χ1n) is 7.73. The van der Waals surface area contributed by atoms with Crippen molar-refractivity contribution in [2.24, 2.45) is 5.92 Å². The Hall–Kier alpha value is -1.22. The molecule has 1 saturated carbocycles. The van der Waals surface area contributed by atoms with Crippen molar-refractivity contribution in [1.82, 2.24) is 0 Å². The van der Waals surface area contributed by atoms with Crippen LogP contribution < -0.4 is 4.43 Å². The summed E-state index contributed by atoms with van der Waals surface area (Å²) in [4.78, 5) is 0. The second-order valence-electron chi connectivity index (χ2n) is 7.50. The molecule has 1 aromatic carbocycles. The van der Waals surface area contributed by atoms with Crippen molar-refractivity contribution in [2.75, 3.05) is 7.11 Å². The van der Waals surface area contributed by atoms with Crippen LogP contribution in [0.1, 0.15) is 38.7 Å². The molecule has 0 bridgehead atoms. The molecule has 0 aromatic heterocycles. The zero-order valence-electron chi connectivity index (χ0n) is 14.1. The van der Waals surface area contributed by atoms with Crippen molar-refractivity contribution >= 4 is 8.32 Å². The molecule has 21 heavy (non-hydrogen) atoms. The maximum atomic E-state index is 6.32. The lowest BCUT2D eigenvalue weighted by Crippen LogP contribution is -2.43. The molecule has 3 heteroatoms. The summed E-state index contributed by atoms with van der Waals surface area (Å²) < 4.78 is 11.3. The fourth-order valence-corrected chi connectivity index (χ4v) is 3.25. The van der Waals surface area contributed by atoms with Crippen LogP contribution in [0.25, 0.3) is 0 Å². The Morgan fingerprint density at radius 3 is 2.29 bits per heavy atom. The minimum Gasteiger partial charge on any atom is -0.544 e. The fourth-order valence-electron chi connectivity index (χ4n) is 2.22. The van der Waals surface area contributed by atoms with E-state index >= 15 is 0 Å². The topological polar surface area (TPSA) is 18.5 Å². The molecular formula is C18H28O2Si. The first-order chi connectivity index (χ1) is 9.74. The van der Waals surface area contributed by atoms with E-state index in [1.54, 1.807) is 13.4 Å². The number of rotatable bonds is 5. The monoisotopic (exact) mass is 304 g/mol. The summed E-state index contributed by atoms with van der Waals surface area (Å²) in [6.45, 7) is 11.4. The van der Waals surface area contributed by atoms with Crippen molar-refractivity contribution in [3.8, 4) is 5.75 Å². The van der Waals surface area contributed by atoms with Gasteiger partial charge < -0.3 is 9.16 Å². The van der Waals surface area contributed by atoms with Crippen molar-refractivity contribution in [3.05, 3.63) is 42.2 Å². The van der Waals surface area contributed by atoms with Gasteiger partial charge in [-0.1, -0.05) is 32.9 Å². The lowest BCUT2D eigenvalue weighted by molar-refractivity contribution is 0.336. The lowest BCUT2D eigenvalue weighted by Gasteiger charge is -2.36. The Labute approximate surface area is 130 Å². The van der Waals surface area contributed by atoms with E-state index in [4.69, 9.17) is 9.16 Å². The van der Waals surface area contributed by atoms with Gasteiger partial charge in [0.2, 0.25) is 8.32 Å². The summed E-state index contributed by atoms with van der Waals surface area (Å²) in [7, 11) is -0.0382. The van der Waals surface area contributed by atoms with Crippen LogP contribution in [-0.2, 0) is 4.74 Å². The Bertz CT molecular complexity index is 497. The van der Waals surface area contributed by atoms with Gasteiger partial charge in [-0.05, 0) is 60.2 Å². The van der Waals surface area contributed by atoms with Crippen molar-refractivity contribution in [3.63, 3.8) is 0 Å². The van der Waals surface area contributed by atoms with Crippen molar-refractivity contribution in [2.45, 2.75) is 51.2 Å². The minimum atomic E-state index is -1.73. The van der Waals surface area contributed by atoms with E-state index in [0.29, 0.717) is 11.8 Å². The van der Waals surface area contributed by atoms with Crippen LogP contribution >= 0.6 is 0 Å². The Kier molecular flexibility index (Phi) is 4.52. The smallest absolute Gasteiger partial charge is 0.250 e. The number of allylic oxidation sites excluding steroid dienone is 1. The molecule has 1 aliphatic rings. The van der Waals surface area contributed by atoms with E-state index in [1.165, 1.54) is 12.0 Å². The average molecular weight is 305 g/mol. The van der Waals surface area contributed by atoms with Crippen LogP contribution in [0.15, 0.2) is 36.6 Å². The molecule has 2 atom stereocenters. The van der Waals surface area contributed by atoms with Gasteiger partial charge in [0.25, 0.3) is 0 Å². The molecule has 2 rings (SSSR count). The standard InChI is InChI=1S/C18H28O2Si/c1-18(2,3)21(5,6)20-16-9-7-14(8-10-16)17-13-15(17)11-12-19-4/h7-12,15,17H,13H2,1-6H3/b12-11-. The predicted octanol–water partition coefficient (Wildman–Crippen LogP) is 5.33. The second-order valence-corrected chi connectivity index (χ2v) is 12.2. The van der Waals surface area contributed by atoms with Gasteiger partial charge in [-0.25, -0.2) is 0 Å². The van der Waals surface area contributed by atoms with Crippen LogP contribution in [-0.4, -0.2) is 15.4 Å². The van der Waals surface area contributed by atoms with Crippen LogP contribution in [0.5, 0.6) is 5.75 Å². The Morgan fingerprint density at radius 1 is 1.14 bits per heavy atom. The molecule has 0 N–H and O–H groups in total. The third-order valence-electron chi connectivity index (χ3n) is 4.79. The predicted molar refractivity (Wildman–Crippen MR) is 91.3 cm³/mol. The van der Waals surface area contributed by atoms with Gasteiger partial charge in [0.05, 0.1) is 13.4 Å². The first-order valence-corrected chi connectivity index (χ1v) is 10.6. The average Bonchev–Trinajstić information content (AvgIpc) is 3.15. The highest BCUT2D eigenvalue weighted by atomic mass is 28.4. The van der Waals surface area contributed by atoms with Crippen molar-refractivity contribution in [1.29, 1.82) is 0 Å². The molecule has 1 aliphatic carbocycles. The number of methoxy groups -OCH3 is 1. The molecule has 1 fully saturated rings. The Morgan fingerprint density at radius 2 is 1.76 bits per heavy atom. The molecule has 0 radical (unpaired) electrons. The molecule has 0 saturated heterocycles. The summed E-state index contributed by atoms with van der Waals surface area (Å²) in [5.41, 5.74) is 1.41. The van der Waals surface area contributed by atoms with E-state index in [9.17, 15) is 0 Å². The molecule has 0 aliphatic heterocycles. The number of hydrogen-bond acceptors (Lipinski definition) is 2. The van der Waals surface area contributed by atoms with Crippen LogP contribution in [0.3, 0.4) is 0 Å². The van der Waals surface area contributed by atoms with E-state index in [-0.39, 0.29) is 5.04 Å². The largest absolute Gasteiger partial charge is 0.544 e. The van der Waals surface area contributed by atoms with Crippen LogP contribution in [0.2, 0.25) is 18.1 Å². The van der Waals surface area contributed by atoms with Gasteiger partial charge in [-0.3, -0.25) is 0 Å². The lowest BCUT2D eigenvalue weighted by atomic mass is 10.1. The minimum absolute atomic E-state index is 0.234. The molecule has 1 aromatic rings. The molecule has 2 unspecified atom stereocenters. The van der Waals surface area contributed by atoms with Crippen LogP contribution in [0, 0.1) is 5.92 Å². The summed E-state index contributed by atoms with van der Waals surface area (Å²) in [6, 6.07) is 8.69. The number of benzene rings is 1. The summed E-state index contributed by atoms with van der Waals surface area (Å²) in [5, 5.41) is 0.234. The number of hydrogen-bond donors (Lipinski definition) is 0. The van der Waals surface area contributed by atoms with E-state index in [0.717, 1.165) is 5.75 Å². The van der Waals surface area contributed by atoms with Crippen LogP contribution in [0.4, 0.5) is 0 Å². The third kappa shape index (κ3) is 3.91. The molecular weight excluding hydrogens is 276 g/mol. The third-order valence-corrected chi connectivity index (χ3v) is 9.15. The fraction of sp³-hybridized carbons (Fsp3) is 0.556. The summed E-state index contributed by atoms with van der Waals surface area (Å²) in [6.07, 6.45) is 5.17. The van der Waals surface area contributed by atoms with Gasteiger partial charge in [0.15, 0.2) is 0 Å². The van der Waals surface area contributed by atoms with Crippen molar-refractivity contribution < 1.29 is 9.16 Å². The van der Waals surface area contributed by atoms with Gasteiger partial charge in [0, 0.05) is 0 Å². The maximum absolute atomic E-state index is 6.32. The molecule has 0 heterocycles. The van der Waals surface area contributed by atoms with E-state index < -0.39 is 8.32 Å². The highest BCUT2D eigenvalue weighted by molar-refractivity contribution is 6.74. The quantitative estimate of drug-likeness (QED) is 0.540. The molecule has 0 spiro atoms. The van der Waals surface area contributed by atoms with E-state index in [1.807, 2.05) is 0 Å². The SMILES string of the molecule is CO/C=C\C1CC1c1ccc(O[Si](C)(C)C(C)(C)C)cc1. The van der Waals surface area contributed by atoms with Gasteiger partial charge >= 0.3 is 0 Å². The highest BCUT2D eigenvalue weighted by Gasteiger charge is 2.39. The van der Waals surface area contributed by atoms with E-state index in [2.05, 4.69) is 64.2 Å². The zero-order chi connectivity index (χ0) is 15.7. The normalized spacial score (nSPS) is 22.4. The molecule has 2 nitrogen and oxygen atoms in total. The van der Waals surface area contributed by atoms with Gasteiger partial charge in [-0.2, -0.15) is 0 Å². The molecule has 116 valence electrons. The summed E-state index contributed by atoms with van der Waals surface area (Å²) in [5.74, 6) is 2.30. The highest BCUT2D eigenvalue weighted by Crippen LogP contribution is 2.48.